The van der Waals surface area contributed by atoms with Crippen molar-refractivity contribution >= 4 is 16.4 Å². The number of hydroxylamine groups is 2. The number of urea groups is 1. The molecular weight excluding hydrogens is 356 g/mol. The molecule has 4 N–H and O–H groups in total. The largest absolute Gasteiger partial charge is 0.421 e. The molecule has 2 bridgehead atoms. The summed E-state index contributed by atoms with van der Waals surface area (Å²) in [5.74, 6) is 0.709. The summed E-state index contributed by atoms with van der Waals surface area (Å²) < 4.78 is 40.8. The molecule has 2 amide bonds. The number of hydrogen-bond donors (Lipinski definition) is 3. The van der Waals surface area contributed by atoms with Gasteiger partial charge in [-0.1, -0.05) is 0 Å². The summed E-state index contributed by atoms with van der Waals surface area (Å²) >= 11 is 0. The monoisotopic (exact) mass is 374 g/mol. The molecule has 1 aromatic heterocycles. The summed E-state index contributed by atoms with van der Waals surface area (Å²) in [5, 5.41) is 12.0. The summed E-state index contributed by atoms with van der Waals surface area (Å²) in [6.07, 6.45) is 1.68. The molecule has 4 heterocycles. The Labute approximate surface area is 143 Å². The fourth-order valence-corrected chi connectivity index (χ4v) is 3.95. The maximum absolute atomic E-state index is 12.4. The summed E-state index contributed by atoms with van der Waals surface area (Å²) in [6, 6.07) is -1.66. The van der Waals surface area contributed by atoms with Gasteiger partial charge in [0.15, 0.2) is 0 Å². The zero-order valence-corrected chi connectivity index (χ0v) is 13.9. The Balaban J connectivity index is 1.51. The van der Waals surface area contributed by atoms with Crippen LogP contribution in [-0.4, -0.2) is 64.3 Å². The predicted octanol–water partition coefficient (Wildman–Crippen LogP) is -0.893. The standard InChI is InChI=1S/C12H18N6O6S/c13-6-3-8(14-4-6)10-15-16-11(23-10)9-2-1-7-5-17(9)12(19)18(7)24-25(20,21)22/h6-9,14H,1-5,13H2,(H,20,21,22)/t6-,7-,8-,9-/m0/s1. The van der Waals surface area contributed by atoms with Gasteiger partial charge in [0.25, 0.3) is 0 Å². The van der Waals surface area contributed by atoms with Crippen molar-refractivity contribution in [2.45, 2.75) is 43.4 Å². The van der Waals surface area contributed by atoms with Crippen LogP contribution in [0.15, 0.2) is 4.42 Å². The second kappa shape index (κ2) is 5.88. The molecule has 0 aromatic carbocycles. The van der Waals surface area contributed by atoms with Gasteiger partial charge in [-0.15, -0.1) is 14.5 Å². The molecule has 3 aliphatic rings. The summed E-state index contributed by atoms with van der Waals surface area (Å²) in [5.41, 5.74) is 5.85. The van der Waals surface area contributed by atoms with Crippen LogP contribution in [0, 0.1) is 0 Å². The molecule has 1 aromatic rings. The van der Waals surface area contributed by atoms with Crippen molar-refractivity contribution in [2.75, 3.05) is 13.1 Å². The van der Waals surface area contributed by atoms with Gasteiger partial charge in [-0.05, 0) is 19.3 Å². The number of piperidine rings is 1. The molecule has 12 nitrogen and oxygen atoms in total. The molecular formula is C12H18N6O6S. The maximum atomic E-state index is 12.4. The first-order valence-corrected chi connectivity index (χ1v) is 9.27. The van der Waals surface area contributed by atoms with E-state index >= 15 is 0 Å². The van der Waals surface area contributed by atoms with Crippen LogP contribution in [0.25, 0.3) is 0 Å². The van der Waals surface area contributed by atoms with Crippen LogP contribution in [-0.2, 0) is 14.7 Å². The molecule has 0 aliphatic carbocycles. The lowest BCUT2D eigenvalue weighted by Gasteiger charge is -2.27. The molecule has 0 radical (unpaired) electrons. The van der Waals surface area contributed by atoms with Crippen molar-refractivity contribution in [2.24, 2.45) is 5.73 Å². The van der Waals surface area contributed by atoms with Crippen molar-refractivity contribution < 1.29 is 26.5 Å². The number of carbonyl (C=O) groups excluding carboxylic acids is 1. The molecule has 3 aliphatic heterocycles. The Bertz CT molecular complexity index is 783. The van der Waals surface area contributed by atoms with E-state index < -0.39 is 28.5 Å². The van der Waals surface area contributed by atoms with Crippen LogP contribution in [0.1, 0.15) is 43.1 Å². The van der Waals surface area contributed by atoms with Gasteiger partial charge in [0.1, 0.15) is 6.04 Å². The minimum atomic E-state index is -4.77. The third-order valence-electron chi connectivity index (χ3n) is 4.70. The van der Waals surface area contributed by atoms with Gasteiger partial charge in [-0.2, -0.15) is 13.5 Å². The predicted molar refractivity (Wildman–Crippen MR) is 80.0 cm³/mol. The van der Waals surface area contributed by atoms with Gasteiger partial charge in [0, 0.05) is 19.1 Å². The highest BCUT2D eigenvalue weighted by atomic mass is 32.3. The van der Waals surface area contributed by atoms with Crippen LogP contribution in [0.2, 0.25) is 0 Å². The van der Waals surface area contributed by atoms with Gasteiger partial charge in [-0.3, -0.25) is 4.55 Å². The van der Waals surface area contributed by atoms with Crippen LogP contribution in [0.3, 0.4) is 0 Å². The molecule has 138 valence electrons. The number of amides is 2. The first kappa shape index (κ1) is 16.7. The second-order valence-corrected chi connectivity index (χ2v) is 7.45. The molecule has 0 unspecified atom stereocenters. The van der Waals surface area contributed by atoms with E-state index in [4.69, 9.17) is 14.7 Å². The quantitative estimate of drug-likeness (QED) is 0.563. The molecule has 3 saturated heterocycles. The summed E-state index contributed by atoms with van der Waals surface area (Å²) in [7, 11) is -4.77. The van der Waals surface area contributed by atoms with E-state index in [0.717, 1.165) is 0 Å². The van der Waals surface area contributed by atoms with Crippen LogP contribution < -0.4 is 11.1 Å². The molecule has 4 rings (SSSR count). The maximum Gasteiger partial charge on any atom is 0.418 e. The highest BCUT2D eigenvalue weighted by molar-refractivity contribution is 7.80. The smallest absolute Gasteiger partial charge is 0.418 e. The highest BCUT2D eigenvalue weighted by Crippen LogP contribution is 2.38. The molecule has 0 spiro atoms. The Hall–Kier alpha value is -1.80. The third kappa shape index (κ3) is 3.08. The minimum absolute atomic E-state index is 0.0297. The lowest BCUT2D eigenvalue weighted by molar-refractivity contribution is -0.0317. The zero-order valence-electron chi connectivity index (χ0n) is 13.1. The number of hydrogen-bond acceptors (Lipinski definition) is 9. The van der Waals surface area contributed by atoms with Crippen molar-refractivity contribution in [1.82, 2.24) is 25.5 Å². The topological polar surface area (TPSA) is 164 Å². The molecule has 0 saturated carbocycles. The molecule has 25 heavy (non-hydrogen) atoms. The number of rotatable bonds is 4. The second-order valence-electron chi connectivity index (χ2n) is 6.45. The fraction of sp³-hybridized carbons (Fsp3) is 0.750. The van der Waals surface area contributed by atoms with Gasteiger partial charge >= 0.3 is 16.4 Å². The van der Waals surface area contributed by atoms with E-state index in [-0.39, 0.29) is 24.5 Å². The average molecular weight is 374 g/mol. The average Bonchev–Trinajstić information content (AvgIpc) is 3.23. The lowest BCUT2D eigenvalue weighted by atomic mass is 10.0. The van der Waals surface area contributed by atoms with Crippen molar-refractivity contribution in [1.29, 1.82) is 0 Å². The number of aromatic nitrogens is 2. The van der Waals surface area contributed by atoms with Crippen LogP contribution in [0.4, 0.5) is 4.79 Å². The SMILES string of the molecule is N[C@@H]1CN[C@H](c2nnc([C@@H]3CC[C@H]4CN3C(=O)N4OS(=O)(=O)O)o2)C1. The van der Waals surface area contributed by atoms with E-state index in [1.54, 1.807) is 0 Å². The van der Waals surface area contributed by atoms with E-state index in [0.29, 0.717) is 36.8 Å². The van der Waals surface area contributed by atoms with Crippen molar-refractivity contribution in [3.8, 4) is 0 Å². The Morgan fingerprint density at radius 1 is 1.32 bits per heavy atom. The molecule has 4 atom stereocenters. The highest BCUT2D eigenvalue weighted by Gasteiger charge is 2.49. The number of nitrogens with zero attached hydrogens (tertiary/aromatic N) is 4. The summed E-state index contributed by atoms with van der Waals surface area (Å²) in [4.78, 5) is 13.8. The van der Waals surface area contributed by atoms with Gasteiger partial charge < -0.3 is 20.4 Å². The minimum Gasteiger partial charge on any atom is -0.421 e. The van der Waals surface area contributed by atoms with Gasteiger partial charge in [0.05, 0.1) is 12.1 Å². The fourth-order valence-electron chi connectivity index (χ4n) is 3.56. The van der Waals surface area contributed by atoms with Gasteiger partial charge in [0.2, 0.25) is 11.8 Å². The Morgan fingerprint density at radius 2 is 2.08 bits per heavy atom. The lowest BCUT2D eigenvalue weighted by Crippen LogP contribution is -2.35. The third-order valence-corrected chi connectivity index (χ3v) is 5.05. The number of carbonyl (C=O) groups is 1. The first-order valence-electron chi connectivity index (χ1n) is 7.91. The van der Waals surface area contributed by atoms with Crippen molar-refractivity contribution in [3.05, 3.63) is 11.8 Å². The van der Waals surface area contributed by atoms with E-state index in [2.05, 4.69) is 19.8 Å². The van der Waals surface area contributed by atoms with Crippen molar-refractivity contribution in [3.63, 3.8) is 0 Å². The van der Waals surface area contributed by atoms with E-state index in [1.807, 2.05) is 0 Å². The Kier molecular flexibility index (Phi) is 3.92. The number of nitrogens with one attached hydrogen (secondary N) is 1. The number of fused-ring (bicyclic) bond motifs is 2. The van der Waals surface area contributed by atoms with Crippen LogP contribution in [0.5, 0.6) is 0 Å². The van der Waals surface area contributed by atoms with E-state index in [9.17, 15) is 13.2 Å². The zero-order chi connectivity index (χ0) is 17.8. The van der Waals surface area contributed by atoms with E-state index in [1.165, 1.54) is 4.90 Å². The Morgan fingerprint density at radius 3 is 2.76 bits per heavy atom. The van der Waals surface area contributed by atoms with Gasteiger partial charge in [-0.25, -0.2) is 4.79 Å². The first-order chi connectivity index (χ1) is 11.8. The van der Waals surface area contributed by atoms with Crippen LogP contribution >= 0.6 is 0 Å². The summed E-state index contributed by atoms with van der Waals surface area (Å²) in [6.45, 7) is 0.920. The normalized spacial score (nSPS) is 32.6. The number of nitrogens with two attached hydrogens (primary N) is 1. The molecule has 13 heteroatoms. The molecule has 3 fully saturated rings.